The minimum atomic E-state index is -4.54. The van der Waals surface area contributed by atoms with Gasteiger partial charge in [0.1, 0.15) is 40.9 Å². The Hall–Kier alpha value is -4.79. The Bertz CT molecular complexity index is 1860. The fraction of sp³-hybridized carbons (Fsp3) is 0.222. The van der Waals surface area contributed by atoms with Gasteiger partial charge in [0.15, 0.2) is 15.7 Å². The van der Waals surface area contributed by atoms with E-state index < -0.39 is 22.6 Å². The van der Waals surface area contributed by atoms with Gasteiger partial charge in [-0.25, -0.2) is 28.1 Å². The minimum Gasteiger partial charge on any atom is -0.495 e. The number of nitrogens with one attached hydrogen (secondary N) is 1. The van der Waals surface area contributed by atoms with Crippen molar-refractivity contribution in [2.24, 2.45) is 0 Å². The summed E-state index contributed by atoms with van der Waals surface area (Å²) in [7, 11) is -2.34. The Balaban J connectivity index is 1.71. The second kappa shape index (κ2) is 10.9. The molecule has 0 radical (unpaired) electrons. The van der Waals surface area contributed by atoms with Crippen molar-refractivity contribution >= 4 is 32.6 Å². The van der Waals surface area contributed by atoms with Gasteiger partial charge < -0.3 is 15.8 Å². The zero-order valence-electron chi connectivity index (χ0n) is 22.6. The Morgan fingerprint density at radius 3 is 2.40 bits per heavy atom. The highest BCUT2D eigenvalue weighted by Crippen LogP contribution is 2.37. The lowest BCUT2D eigenvalue weighted by molar-refractivity contribution is -0.115. The van der Waals surface area contributed by atoms with E-state index in [1.54, 1.807) is 23.1 Å². The molecule has 15 heteroatoms. The maximum atomic E-state index is 13.1. The van der Waals surface area contributed by atoms with Crippen molar-refractivity contribution in [1.29, 1.82) is 0 Å². The lowest BCUT2D eigenvalue weighted by Gasteiger charge is -2.19. The fourth-order valence-electron chi connectivity index (χ4n) is 4.50. The lowest BCUT2D eigenvalue weighted by atomic mass is 9.91. The van der Waals surface area contributed by atoms with E-state index in [1.807, 2.05) is 31.2 Å². The molecule has 42 heavy (non-hydrogen) atoms. The van der Waals surface area contributed by atoms with Gasteiger partial charge in [0.05, 0.1) is 18.5 Å². The summed E-state index contributed by atoms with van der Waals surface area (Å²) in [5.41, 5.74) is 9.13. The third kappa shape index (κ3) is 5.95. The molecule has 2 aromatic carbocycles. The molecule has 0 unspecified atom stereocenters. The summed E-state index contributed by atoms with van der Waals surface area (Å²) < 4.78 is 71.2. The number of alkyl halides is 3. The largest absolute Gasteiger partial charge is 0.495 e. The number of ether oxygens (including phenoxy) is 1. The van der Waals surface area contributed by atoms with E-state index in [1.165, 1.54) is 25.6 Å². The topological polar surface area (TPSA) is 151 Å². The van der Waals surface area contributed by atoms with Crippen LogP contribution >= 0.6 is 0 Å². The van der Waals surface area contributed by atoms with Crippen LogP contribution in [0.2, 0.25) is 0 Å². The van der Waals surface area contributed by atoms with Crippen molar-refractivity contribution in [2.45, 2.75) is 23.9 Å². The monoisotopic (exact) mass is 598 g/mol. The molecule has 0 saturated heterocycles. The first kappa shape index (κ1) is 28.7. The number of halogens is 3. The SMILES string of the molecule is COc1ccc(-c2cc([C@H](C)c3ccc(-n4cncn4)cc3)c3nc(N)nc(NCC(F)(F)F)c3n2)cc1S(C)(=O)=O. The number of hydrogen-bond acceptors (Lipinski definition) is 10. The van der Waals surface area contributed by atoms with E-state index in [4.69, 9.17) is 10.5 Å². The van der Waals surface area contributed by atoms with Gasteiger partial charge >= 0.3 is 6.18 Å². The van der Waals surface area contributed by atoms with Gasteiger partial charge in [-0.15, -0.1) is 0 Å². The normalized spacial score (nSPS) is 12.8. The van der Waals surface area contributed by atoms with E-state index in [2.05, 4.69) is 30.4 Å². The van der Waals surface area contributed by atoms with Crippen LogP contribution in [0.25, 0.3) is 28.0 Å². The Labute approximate surface area is 238 Å². The number of fused-ring (bicyclic) bond motifs is 1. The highest BCUT2D eigenvalue weighted by molar-refractivity contribution is 7.90. The smallest absolute Gasteiger partial charge is 0.405 e. The van der Waals surface area contributed by atoms with Gasteiger partial charge in [0, 0.05) is 17.7 Å². The molecule has 0 bridgehead atoms. The molecule has 0 saturated carbocycles. The number of anilines is 2. The van der Waals surface area contributed by atoms with E-state index >= 15 is 0 Å². The molecule has 5 rings (SSSR count). The molecule has 3 aromatic heterocycles. The van der Waals surface area contributed by atoms with Gasteiger partial charge in [0.25, 0.3) is 0 Å². The van der Waals surface area contributed by atoms with Crippen LogP contribution in [0.15, 0.2) is 66.1 Å². The molecule has 0 aliphatic carbocycles. The maximum absolute atomic E-state index is 13.1. The summed E-state index contributed by atoms with van der Waals surface area (Å²) in [6.07, 6.45) is -0.499. The number of methoxy groups -OCH3 is 1. The molecule has 11 nitrogen and oxygen atoms in total. The maximum Gasteiger partial charge on any atom is 0.405 e. The van der Waals surface area contributed by atoms with E-state index in [-0.39, 0.29) is 39.4 Å². The fourth-order valence-corrected chi connectivity index (χ4v) is 5.35. The first-order valence-electron chi connectivity index (χ1n) is 12.5. The molecule has 218 valence electrons. The van der Waals surface area contributed by atoms with Crippen LogP contribution in [0, 0.1) is 0 Å². The number of aromatic nitrogens is 6. The van der Waals surface area contributed by atoms with Gasteiger partial charge in [-0.1, -0.05) is 19.1 Å². The number of benzene rings is 2. The predicted molar refractivity (Wildman–Crippen MR) is 150 cm³/mol. The summed E-state index contributed by atoms with van der Waals surface area (Å²) >= 11 is 0. The second-order valence-corrected chi connectivity index (χ2v) is 11.5. The molecular weight excluding hydrogens is 573 g/mol. The van der Waals surface area contributed by atoms with Crippen LogP contribution in [0.1, 0.15) is 24.0 Å². The van der Waals surface area contributed by atoms with Crippen molar-refractivity contribution in [1.82, 2.24) is 29.7 Å². The Morgan fingerprint density at radius 1 is 1.05 bits per heavy atom. The molecular formula is C27H25F3N8O3S. The van der Waals surface area contributed by atoms with Gasteiger partial charge in [0.2, 0.25) is 5.95 Å². The molecule has 0 spiro atoms. The molecule has 0 aliphatic rings. The number of sulfone groups is 1. The molecule has 0 amide bonds. The van der Waals surface area contributed by atoms with E-state index in [0.717, 1.165) is 17.5 Å². The third-order valence-electron chi connectivity index (χ3n) is 6.56. The zero-order valence-corrected chi connectivity index (χ0v) is 23.4. The van der Waals surface area contributed by atoms with Gasteiger partial charge in [-0.05, 0) is 47.5 Å². The van der Waals surface area contributed by atoms with Crippen LogP contribution in [0.3, 0.4) is 0 Å². The number of hydrogen-bond donors (Lipinski definition) is 2. The Morgan fingerprint density at radius 2 is 1.79 bits per heavy atom. The quantitative estimate of drug-likeness (QED) is 0.263. The van der Waals surface area contributed by atoms with Crippen molar-refractivity contribution in [3.05, 3.63) is 72.3 Å². The van der Waals surface area contributed by atoms with Gasteiger partial charge in [-0.2, -0.15) is 23.3 Å². The summed E-state index contributed by atoms with van der Waals surface area (Å²) in [6.45, 7) is 0.528. The van der Waals surface area contributed by atoms with Crippen molar-refractivity contribution in [3.8, 4) is 22.7 Å². The first-order valence-corrected chi connectivity index (χ1v) is 14.4. The van der Waals surface area contributed by atoms with Crippen LogP contribution in [0.4, 0.5) is 24.9 Å². The summed E-state index contributed by atoms with van der Waals surface area (Å²) in [6, 6.07) is 13.7. The number of rotatable bonds is 8. The zero-order chi connectivity index (χ0) is 30.2. The lowest BCUT2D eigenvalue weighted by Crippen LogP contribution is -2.22. The van der Waals surface area contributed by atoms with Crippen LogP contribution in [0.5, 0.6) is 5.75 Å². The minimum absolute atomic E-state index is 0.0451. The van der Waals surface area contributed by atoms with Crippen LogP contribution in [-0.4, -0.2) is 64.2 Å². The van der Waals surface area contributed by atoms with Crippen LogP contribution in [-0.2, 0) is 9.84 Å². The highest BCUT2D eigenvalue weighted by Gasteiger charge is 2.28. The second-order valence-electron chi connectivity index (χ2n) is 9.48. The molecule has 5 aromatic rings. The highest BCUT2D eigenvalue weighted by atomic mass is 32.2. The third-order valence-corrected chi connectivity index (χ3v) is 7.68. The molecule has 3 heterocycles. The van der Waals surface area contributed by atoms with E-state index in [9.17, 15) is 21.6 Å². The number of nitrogens with two attached hydrogens (primary N) is 1. The van der Waals surface area contributed by atoms with Crippen molar-refractivity contribution in [2.75, 3.05) is 31.0 Å². The summed E-state index contributed by atoms with van der Waals surface area (Å²) in [5, 5.41) is 6.40. The summed E-state index contributed by atoms with van der Waals surface area (Å²) in [5.74, 6) is -0.646. The average Bonchev–Trinajstić information content (AvgIpc) is 3.49. The first-order chi connectivity index (χ1) is 19.8. The number of nitrogen functional groups attached to an aromatic ring is 1. The standard InChI is InChI=1S/C27H25F3N8O3S/c1-15(16-4-7-18(8-5-16)38-14-32-13-34-38)19-11-20(17-6-9-21(41-2)22(10-17)42(3,39)40)35-24-23(19)36-26(31)37-25(24)33-12-27(28,29)30/h4-11,13-15H,12H2,1-3H3,(H3,31,33,36,37)/t15-/m1/s1. The van der Waals surface area contributed by atoms with Crippen molar-refractivity contribution < 1.29 is 26.3 Å². The molecule has 0 fully saturated rings. The average molecular weight is 599 g/mol. The molecule has 1 atom stereocenters. The van der Waals surface area contributed by atoms with Crippen LogP contribution < -0.4 is 15.8 Å². The van der Waals surface area contributed by atoms with E-state index in [0.29, 0.717) is 16.8 Å². The molecule has 3 N–H and O–H groups in total. The Kier molecular flexibility index (Phi) is 7.45. The summed E-state index contributed by atoms with van der Waals surface area (Å²) in [4.78, 5) is 16.8. The molecule has 0 aliphatic heterocycles. The predicted octanol–water partition coefficient (Wildman–Crippen LogP) is 4.39. The van der Waals surface area contributed by atoms with Crippen molar-refractivity contribution in [3.63, 3.8) is 0 Å². The van der Waals surface area contributed by atoms with Gasteiger partial charge in [-0.3, -0.25) is 0 Å². The number of nitrogens with zero attached hydrogens (tertiary/aromatic N) is 6. The number of pyridine rings is 1.